The van der Waals surface area contributed by atoms with Crippen LogP contribution in [0.1, 0.15) is 23.6 Å². The molecule has 1 nitrogen and oxygen atoms in total. The maximum atomic E-state index is 13.8. The van der Waals surface area contributed by atoms with Crippen molar-refractivity contribution in [2.24, 2.45) is 5.92 Å². The Bertz CT molecular complexity index is 361. The lowest BCUT2D eigenvalue weighted by Crippen LogP contribution is -2.26. The van der Waals surface area contributed by atoms with Gasteiger partial charge in [0.05, 0.1) is 0 Å². The molecule has 1 fully saturated rings. The molecule has 0 amide bonds. The van der Waals surface area contributed by atoms with E-state index in [2.05, 4.69) is 5.32 Å². The molecule has 2 atom stereocenters. The number of halogens is 1. The molecule has 1 aromatic rings. The number of aryl methyl sites for hydroxylation is 1. The van der Waals surface area contributed by atoms with Crippen LogP contribution in [-0.4, -0.2) is 18.6 Å². The lowest BCUT2D eigenvalue weighted by Gasteiger charge is -2.23. The second kappa shape index (κ2) is 5.19. The topological polar surface area (TPSA) is 12.0 Å². The fourth-order valence-electron chi connectivity index (χ4n) is 2.36. The van der Waals surface area contributed by atoms with Crippen LogP contribution in [0.25, 0.3) is 0 Å². The van der Waals surface area contributed by atoms with Gasteiger partial charge in [-0.25, -0.2) is 4.39 Å². The Labute approximate surface area is 101 Å². The van der Waals surface area contributed by atoms with Crippen molar-refractivity contribution < 1.29 is 4.39 Å². The van der Waals surface area contributed by atoms with E-state index in [0.29, 0.717) is 5.92 Å². The van der Waals surface area contributed by atoms with Crippen LogP contribution in [0.4, 0.5) is 4.39 Å². The Morgan fingerprint density at radius 2 is 2.31 bits per heavy atom. The summed E-state index contributed by atoms with van der Waals surface area (Å²) in [5.41, 5.74) is 1.96. The van der Waals surface area contributed by atoms with Crippen LogP contribution in [0, 0.1) is 18.7 Å². The highest BCUT2D eigenvalue weighted by Crippen LogP contribution is 2.35. The molecule has 16 heavy (non-hydrogen) atoms. The number of rotatable bonds is 3. The van der Waals surface area contributed by atoms with Gasteiger partial charge < -0.3 is 5.32 Å². The number of hydrogen-bond acceptors (Lipinski definition) is 2. The van der Waals surface area contributed by atoms with Gasteiger partial charge in [0.2, 0.25) is 0 Å². The van der Waals surface area contributed by atoms with Crippen molar-refractivity contribution in [1.82, 2.24) is 5.32 Å². The van der Waals surface area contributed by atoms with Crippen LogP contribution < -0.4 is 5.32 Å². The molecule has 0 radical (unpaired) electrons. The molecular formula is C13H18FNS. The minimum atomic E-state index is -0.0816. The van der Waals surface area contributed by atoms with Gasteiger partial charge in [-0.05, 0) is 43.9 Å². The van der Waals surface area contributed by atoms with Crippen LogP contribution in [-0.2, 0) is 0 Å². The molecule has 3 heteroatoms. The lowest BCUT2D eigenvalue weighted by atomic mass is 9.91. The number of thioether (sulfide) groups is 1. The molecule has 1 aliphatic heterocycles. The summed E-state index contributed by atoms with van der Waals surface area (Å²) < 4.78 is 13.8. The summed E-state index contributed by atoms with van der Waals surface area (Å²) in [4.78, 5) is 0. The quantitative estimate of drug-likeness (QED) is 0.869. The van der Waals surface area contributed by atoms with Crippen LogP contribution in [0.5, 0.6) is 0 Å². The molecule has 88 valence electrons. The molecule has 2 unspecified atom stereocenters. The van der Waals surface area contributed by atoms with E-state index >= 15 is 0 Å². The highest BCUT2D eigenvalue weighted by Gasteiger charge is 2.27. The fraction of sp³-hybridized carbons (Fsp3) is 0.538. The zero-order valence-electron chi connectivity index (χ0n) is 9.79. The summed E-state index contributed by atoms with van der Waals surface area (Å²) in [5, 5.41) is 3.28. The van der Waals surface area contributed by atoms with Gasteiger partial charge >= 0.3 is 0 Å². The van der Waals surface area contributed by atoms with Gasteiger partial charge in [0.1, 0.15) is 5.82 Å². The summed E-state index contributed by atoms with van der Waals surface area (Å²) in [6, 6.07) is 5.54. The summed E-state index contributed by atoms with van der Waals surface area (Å²) in [7, 11) is 1.93. The SMILES string of the molecule is CNC(c1cc(C)ccc1F)C1CCSC1. The zero-order chi connectivity index (χ0) is 11.5. The summed E-state index contributed by atoms with van der Waals surface area (Å²) >= 11 is 1.97. The van der Waals surface area contributed by atoms with E-state index in [0.717, 1.165) is 16.9 Å². The minimum absolute atomic E-state index is 0.0816. The first-order valence-corrected chi connectivity index (χ1v) is 6.89. The van der Waals surface area contributed by atoms with E-state index in [4.69, 9.17) is 0 Å². The van der Waals surface area contributed by atoms with Crippen molar-refractivity contribution in [3.8, 4) is 0 Å². The van der Waals surface area contributed by atoms with Crippen molar-refractivity contribution in [2.75, 3.05) is 18.6 Å². The monoisotopic (exact) mass is 239 g/mol. The third-order valence-electron chi connectivity index (χ3n) is 3.23. The standard InChI is InChI=1S/C13H18FNS/c1-9-3-4-12(14)11(7-9)13(15-2)10-5-6-16-8-10/h3-4,7,10,13,15H,5-6,8H2,1-2H3. The predicted molar refractivity (Wildman–Crippen MR) is 68.4 cm³/mol. The number of hydrogen-bond donors (Lipinski definition) is 1. The molecular weight excluding hydrogens is 221 g/mol. The molecule has 0 aromatic heterocycles. The second-order valence-electron chi connectivity index (χ2n) is 4.41. The van der Waals surface area contributed by atoms with Crippen LogP contribution in [0.3, 0.4) is 0 Å². The third kappa shape index (κ3) is 2.41. The van der Waals surface area contributed by atoms with E-state index < -0.39 is 0 Å². The van der Waals surface area contributed by atoms with Gasteiger partial charge in [0.15, 0.2) is 0 Å². The smallest absolute Gasteiger partial charge is 0.128 e. The van der Waals surface area contributed by atoms with Gasteiger partial charge in [-0.2, -0.15) is 11.8 Å². The van der Waals surface area contributed by atoms with E-state index in [1.165, 1.54) is 12.2 Å². The summed E-state index contributed by atoms with van der Waals surface area (Å²) in [5.74, 6) is 2.82. The number of benzene rings is 1. The van der Waals surface area contributed by atoms with Crippen molar-refractivity contribution >= 4 is 11.8 Å². The molecule has 1 N–H and O–H groups in total. The van der Waals surface area contributed by atoms with Gasteiger partial charge in [-0.15, -0.1) is 0 Å². The molecule has 1 heterocycles. The molecule has 0 aliphatic carbocycles. The van der Waals surface area contributed by atoms with Crippen LogP contribution >= 0.6 is 11.8 Å². The van der Waals surface area contributed by atoms with E-state index in [1.807, 2.05) is 37.9 Å². The van der Waals surface area contributed by atoms with Crippen molar-refractivity contribution in [3.05, 3.63) is 35.1 Å². The Morgan fingerprint density at radius 1 is 1.50 bits per heavy atom. The Morgan fingerprint density at radius 3 is 2.94 bits per heavy atom. The zero-order valence-corrected chi connectivity index (χ0v) is 10.6. The molecule has 0 bridgehead atoms. The minimum Gasteiger partial charge on any atom is -0.313 e. The average Bonchev–Trinajstić information content (AvgIpc) is 2.78. The first-order chi connectivity index (χ1) is 7.72. The molecule has 0 spiro atoms. The second-order valence-corrected chi connectivity index (χ2v) is 5.56. The highest BCUT2D eigenvalue weighted by atomic mass is 32.2. The van der Waals surface area contributed by atoms with Gasteiger partial charge in [0.25, 0.3) is 0 Å². The normalized spacial score (nSPS) is 22.3. The largest absolute Gasteiger partial charge is 0.313 e. The van der Waals surface area contributed by atoms with Crippen molar-refractivity contribution in [2.45, 2.75) is 19.4 Å². The van der Waals surface area contributed by atoms with Gasteiger partial charge in [0, 0.05) is 11.6 Å². The fourth-order valence-corrected chi connectivity index (χ4v) is 3.66. The highest BCUT2D eigenvalue weighted by molar-refractivity contribution is 7.99. The average molecular weight is 239 g/mol. The lowest BCUT2D eigenvalue weighted by molar-refractivity contribution is 0.404. The molecule has 1 saturated heterocycles. The first kappa shape index (κ1) is 11.9. The van der Waals surface area contributed by atoms with Crippen molar-refractivity contribution in [3.63, 3.8) is 0 Å². The van der Waals surface area contributed by atoms with Gasteiger partial charge in [-0.3, -0.25) is 0 Å². The summed E-state index contributed by atoms with van der Waals surface area (Å²) in [6.07, 6.45) is 1.18. The Hall–Kier alpha value is -0.540. The molecule has 1 aromatic carbocycles. The summed E-state index contributed by atoms with van der Waals surface area (Å²) in [6.45, 7) is 2.01. The van der Waals surface area contributed by atoms with Gasteiger partial charge in [-0.1, -0.05) is 17.7 Å². The number of nitrogens with one attached hydrogen (secondary N) is 1. The maximum Gasteiger partial charge on any atom is 0.128 e. The molecule has 1 aliphatic rings. The predicted octanol–water partition coefficient (Wildman–Crippen LogP) is 3.15. The van der Waals surface area contributed by atoms with E-state index in [9.17, 15) is 4.39 Å². The first-order valence-electron chi connectivity index (χ1n) is 5.73. The van der Waals surface area contributed by atoms with E-state index in [-0.39, 0.29) is 11.9 Å². The Balaban J connectivity index is 2.28. The maximum absolute atomic E-state index is 13.8. The third-order valence-corrected chi connectivity index (χ3v) is 4.42. The van der Waals surface area contributed by atoms with Crippen molar-refractivity contribution in [1.29, 1.82) is 0 Å². The Kier molecular flexibility index (Phi) is 3.87. The van der Waals surface area contributed by atoms with E-state index in [1.54, 1.807) is 6.07 Å². The molecule has 2 rings (SSSR count). The van der Waals surface area contributed by atoms with Crippen LogP contribution in [0.2, 0.25) is 0 Å². The molecule has 0 saturated carbocycles. The van der Waals surface area contributed by atoms with Crippen LogP contribution in [0.15, 0.2) is 18.2 Å².